The van der Waals surface area contributed by atoms with Crippen molar-refractivity contribution in [3.8, 4) is 23.0 Å². The highest BCUT2D eigenvalue weighted by Crippen LogP contribution is 2.31. The fourth-order valence-electron chi connectivity index (χ4n) is 3.35. The second-order valence-electron chi connectivity index (χ2n) is 12.0. The highest BCUT2D eigenvalue weighted by molar-refractivity contribution is 6.16. The Morgan fingerprint density at radius 3 is 1.21 bits per heavy atom. The van der Waals surface area contributed by atoms with Crippen molar-refractivity contribution in [2.24, 2.45) is 5.41 Å². The highest BCUT2D eigenvalue weighted by atomic mass is 16.7. The van der Waals surface area contributed by atoms with Crippen LogP contribution in [0, 0.1) is 5.41 Å². The van der Waals surface area contributed by atoms with Crippen LogP contribution in [0.1, 0.15) is 66.5 Å². The number of rotatable bonds is 10. The molecular formula is C33H40O10. The molecule has 232 valence electrons. The van der Waals surface area contributed by atoms with E-state index in [1.54, 1.807) is 65.8 Å². The molecule has 10 nitrogen and oxygen atoms in total. The van der Waals surface area contributed by atoms with Gasteiger partial charge in [0.25, 0.3) is 0 Å². The van der Waals surface area contributed by atoms with Gasteiger partial charge in [0, 0.05) is 0 Å². The third-order valence-electron chi connectivity index (χ3n) is 5.63. The van der Waals surface area contributed by atoms with Crippen LogP contribution >= 0.6 is 0 Å². The van der Waals surface area contributed by atoms with E-state index in [-0.39, 0.29) is 23.0 Å². The van der Waals surface area contributed by atoms with Crippen LogP contribution in [0.25, 0.3) is 12.2 Å². The normalized spacial score (nSPS) is 12.1. The Kier molecular flexibility index (Phi) is 11.3. The molecule has 0 bridgehead atoms. The summed E-state index contributed by atoms with van der Waals surface area (Å²) >= 11 is 0. The summed E-state index contributed by atoms with van der Waals surface area (Å²) in [5.41, 5.74) is -1.63. The van der Waals surface area contributed by atoms with E-state index in [9.17, 15) is 19.2 Å². The largest absolute Gasteiger partial charge is 0.514 e. The van der Waals surface area contributed by atoms with E-state index in [1.165, 1.54) is 64.5 Å². The first-order valence-corrected chi connectivity index (χ1v) is 13.5. The van der Waals surface area contributed by atoms with E-state index < -0.39 is 40.5 Å². The van der Waals surface area contributed by atoms with Crippen LogP contribution in [0.3, 0.4) is 0 Å². The van der Waals surface area contributed by atoms with Crippen molar-refractivity contribution in [2.75, 3.05) is 14.2 Å². The minimum atomic E-state index is -1.36. The molecule has 0 N–H and O–H groups in total. The number of benzene rings is 2. The average molecular weight is 597 g/mol. The molecule has 2 aromatic carbocycles. The molecule has 0 aliphatic carbocycles. The SMILES string of the molecule is COc1cc(/C=C/C(=O)C(C)(C)C(=O)/C=C/c2ccc(OC(=O)OC(C)(C)C)c(OC)c2)ccc1OC(=O)OC(C)(C)C. The van der Waals surface area contributed by atoms with Gasteiger partial charge in [-0.2, -0.15) is 0 Å². The molecule has 0 fully saturated rings. The van der Waals surface area contributed by atoms with Crippen LogP contribution in [0.2, 0.25) is 0 Å². The van der Waals surface area contributed by atoms with Crippen LogP contribution in [-0.4, -0.2) is 49.3 Å². The predicted molar refractivity (Wildman–Crippen MR) is 162 cm³/mol. The molecule has 0 amide bonds. The van der Waals surface area contributed by atoms with E-state index >= 15 is 0 Å². The zero-order valence-electron chi connectivity index (χ0n) is 26.4. The lowest BCUT2D eigenvalue weighted by Crippen LogP contribution is -2.30. The van der Waals surface area contributed by atoms with Crippen LogP contribution in [0.4, 0.5) is 9.59 Å². The van der Waals surface area contributed by atoms with Crippen molar-refractivity contribution in [1.29, 1.82) is 0 Å². The van der Waals surface area contributed by atoms with Gasteiger partial charge in [-0.25, -0.2) is 9.59 Å². The first-order valence-electron chi connectivity index (χ1n) is 13.5. The van der Waals surface area contributed by atoms with Crippen molar-refractivity contribution >= 4 is 36.0 Å². The molecule has 0 heterocycles. The number of ether oxygens (including phenoxy) is 6. The van der Waals surface area contributed by atoms with Crippen molar-refractivity contribution in [3.05, 3.63) is 59.7 Å². The van der Waals surface area contributed by atoms with E-state index in [4.69, 9.17) is 28.4 Å². The summed E-state index contributed by atoms with van der Waals surface area (Å²) in [5.74, 6) is -0.0139. The quantitative estimate of drug-likeness (QED) is 0.120. The first-order chi connectivity index (χ1) is 19.8. The first kappa shape index (κ1) is 34.6. The Balaban J connectivity index is 2.12. The highest BCUT2D eigenvalue weighted by Gasteiger charge is 2.32. The standard InChI is InChI=1S/C33H40O10/c1-31(2,3)42-29(36)40-23-15-11-21(19-25(23)38-9)13-17-27(34)33(7,8)28(35)18-14-22-12-16-24(26(20-22)39-10)41-30(37)43-32(4,5)6/h11-20H,1-10H3/b17-13+,18-14+. The molecule has 0 saturated heterocycles. The summed E-state index contributed by atoms with van der Waals surface area (Å²) in [6.45, 7) is 13.4. The van der Waals surface area contributed by atoms with E-state index in [1.807, 2.05) is 0 Å². The maximum Gasteiger partial charge on any atom is 0.514 e. The van der Waals surface area contributed by atoms with E-state index in [0.717, 1.165) is 0 Å². The molecule has 0 unspecified atom stereocenters. The Morgan fingerprint density at radius 2 is 0.907 bits per heavy atom. The molecule has 0 spiro atoms. The molecule has 0 aliphatic heterocycles. The van der Waals surface area contributed by atoms with Crippen LogP contribution in [0.15, 0.2) is 48.6 Å². The van der Waals surface area contributed by atoms with Crippen molar-refractivity contribution in [2.45, 2.75) is 66.6 Å². The van der Waals surface area contributed by atoms with Gasteiger partial charge < -0.3 is 28.4 Å². The van der Waals surface area contributed by atoms with Crippen LogP contribution in [-0.2, 0) is 19.1 Å². The average Bonchev–Trinajstić information content (AvgIpc) is 2.89. The van der Waals surface area contributed by atoms with Gasteiger partial charge in [0.1, 0.15) is 11.2 Å². The number of hydrogen-bond acceptors (Lipinski definition) is 10. The van der Waals surface area contributed by atoms with Gasteiger partial charge in [-0.05, 0) is 103 Å². The van der Waals surface area contributed by atoms with Gasteiger partial charge in [-0.1, -0.05) is 24.3 Å². The summed E-state index contributed by atoms with van der Waals surface area (Å²) in [6, 6.07) is 9.46. The third kappa shape index (κ3) is 11.0. The Bertz CT molecular complexity index is 1300. The lowest BCUT2D eigenvalue weighted by atomic mass is 9.82. The van der Waals surface area contributed by atoms with Crippen LogP contribution in [0.5, 0.6) is 23.0 Å². The molecule has 2 rings (SSSR count). The molecule has 10 heteroatoms. The monoisotopic (exact) mass is 596 g/mol. The lowest BCUT2D eigenvalue weighted by molar-refractivity contribution is -0.132. The second kappa shape index (κ2) is 14.0. The topological polar surface area (TPSA) is 124 Å². The van der Waals surface area contributed by atoms with Gasteiger partial charge >= 0.3 is 12.3 Å². The molecule has 0 aliphatic rings. The van der Waals surface area contributed by atoms with Crippen molar-refractivity contribution in [3.63, 3.8) is 0 Å². The summed E-state index contributed by atoms with van der Waals surface area (Å²) in [6.07, 6.45) is 3.94. The van der Waals surface area contributed by atoms with Crippen molar-refractivity contribution < 1.29 is 47.6 Å². The Labute approximate surface area is 252 Å². The number of hydrogen-bond donors (Lipinski definition) is 0. The number of methoxy groups -OCH3 is 2. The summed E-state index contributed by atoms with van der Waals surface area (Å²) in [4.78, 5) is 50.0. The zero-order valence-corrected chi connectivity index (χ0v) is 26.4. The Morgan fingerprint density at radius 1 is 0.558 bits per heavy atom. The second-order valence-corrected chi connectivity index (χ2v) is 12.0. The molecule has 0 aromatic heterocycles. The lowest BCUT2D eigenvalue weighted by Gasteiger charge is -2.19. The Hall–Kier alpha value is -4.60. The van der Waals surface area contributed by atoms with Gasteiger partial charge in [0.05, 0.1) is 19.6 Å². The molecule has 43 heavy (non-hydrogen) atoms. The van der Waals surface area contributed by atoms with Gasteiger partial charge in [-0.3, -0.25) is 9.59 Å². The van der Waals surface area contributed by atoms with E-state index in [0.29, 0.717) is 11.1 Å². The summed E-state index contributed by atoms with van der Waals surface area (Å²) < 4.78 is 31.4. The minimum Gasteiger partial charge on any atom is -0.493 e. The summed E-state index contributed by atoms with van der Waals surface area (Å²) in [5, 5.41) is 0. The molecule has 2 aromatic rings. The predicted octanol–water partition coefficient (Wildman–Crippen LogP) is 7.22. The maximum atomic E-state index is 13.0. The minimum absolute atomic E-state index is 0.155. The van der Waals surface area contributed by atoms with Crippen LogP contribution < -0.4 is 18.9 Å². The molecule has 0 atom stereocenters. The van der Waals surface area contributed by atoms with Gasteiger partial charge in [0.2, 0.25) is 0 Å². The molecule has 0 radical (unpaired) electrons. The third-order valence-corrected chi connectivity index (χ3v) is 5.63. The number of ketones is 2. The number of carbonyl (C=O) groups excluding carboxylic acids is 4. The number of carbonyl (C=O) groups is 4. The summed E-state index contributed by atoms with van der Waals surface area (Å²) in [7, 11) is 2.84. The van der Waals surface area contributed by atoms with Gasteiger partial charge in [0.15, 0.2) is 34.6 Å². The number of allylic oxidation sites excluding steroid dienone is 2. The molecule has 0 saturated carbocycles. The maximum absolute atomic E-state index is 13.0. The smallest absolute Gasteiger partial charge is 0.493 e. The van der Waals surface area contributed by atoms with E-state index in [2.05, 4.69) is 0 Å². The fraction of sp³-hybridized carbons (Fsp3) is 0.394. The zero-order chi connectivity index (χ0) is 32.6. The fourth-order valence-corrected chi connectivity index (χ4v) is 3.35. The van der Waals surface area contributed by atoms with Gasteiger partial charge in [-0.15, -0.1) is 0 Å². The molecular weight excluding hydrogens is 556 g/mol. The van der Waals surface area contributed by atoms with Crippen molar-refractivity contribution in [1.82, 2.24) is 0 Å².